The van der Waals surface area contributed by atoms with Gasteiger partial charge in [-0.15, -0.1) is 0 Å². The van der Waals surface area contributed by atoms with Crippen LogP contribution in [-0.2, 0) is 16.0 Å². The van der Waals surface area contributed by atoms with E-state index >= 15 is 0 Å². The fourth-order valence-electron chi connectivity index (χ4n) is 3.93. The Morgan fingerprint density at radius 3 is 2.78 bits per heavy atom. The third kappa shape index (κ3) is 6.68. The maximum absolute atomic E-state index is 13.3. The Hall–Kier alpha value is -2.51. The molecule has 2 heterocycles. The van der Waals surface area contributed by atoms with Crippen LogP contribution in [0, 0.1) is 3.57 Å². The Morgan fingerprint density at radius 1 is 1.27 bits per heavy atom. The van der Waals surface area contributed by atoms with E-state index in [9.17, 15) is 9.59 Å². The summed E-state index contributed by atoms with van der Waals surface area (Å²) in [5, 5.41) is 5.01. The number of carbonyl (C=O) groups excluding carboxylic acids is 1. The van der Waals surface area contributed by atoms with Crippen LogP contribution in [0.25, 0.3) is 10.9 Å². The van der Waals surface area contributed by atoms with Crippen molar-refractivity contribution in [3.05, 3.63) is 60.1 Å². The van der Waals surface area contributed by atoms with E-state index in [4.69, 9.17) is 19.2 Å². The standard InChI is InChI=1S/C26H28BrIN4O5/c1-3-4-5-23-30-21-7-6-18(27)14-19(21)26(34)32(23)29-15-17-12-20(28)25(22(13-17)35-2)37-16-24(33)31-8-10-36-11-9-31/h6-7,12-15H,3-5,8-11,16H2,1-2H3. The zero-order chi connectivity index (χ0) is 26.4. The quantitative estimate of drug-likeness (QED) is 0.248. The summed E-state index contributed by atoms with van der Waals surface area (Å²) >= 11 is 5.57. The summed E-state index contributed by atoms with van der Waals surface area (Å²) in [6.07, 6.45) is 4.11. The molecule has 196 valence electrons. The van der Waals surface area contributed by atoms with Crippen LogP contribution in [0.15, 0.2) is 44.7 Å². The molecule has 37 heavy (non-hydrogen) atoms. The number of rotatable bonds is 9. The number of hydrogen-bond acceptors (Lipinski definition) is 7. The first-order chi connectivity index (χ1) is 17.9. The van der Waals surface area contributed by atoms with Crippen molar-refractivity contribution < 1.29 is 19.0 Å². The summed E-state index contributed by atoms with van der Waals surface area (Å²) in [6.45, 7) is 4.20. The normalized spacial score (nSPS) is 13.9. The third-order valence-corrected chi connectivity index (χ3v) is 7.20. The van der Waals surface area contributed by atoms with Crippen LogP contribution in [-0.4, -0.2) is 66.7 Å². The fourth-order valence-corrected chi connectivity index (χ4v) is 5.07. The molecule has 1 aliphatic heterocycles. The topological polar surface area (TPSA) is 95.3 Å². The number of carbonyl (C=O) groups is 1. The molecule has 0 bridgehead atoms. The Balaban J connectivity index is 1.61. The van der Waals surface area contributed by atoms with Crippen LogP contribution in [0.2, 0.25) is 0 Å². The van der Waals surface area contributed by atoms with Gasteiger partial charge >= 0.3 is 0 Å². The summed E-state index contributed by atoms with van der Waals surface area (Å²) in [4.78, 5) is 32.2. The van der Waals surface area contributed by atoms with Crippen molar-refractivity contribution in [1.29, 1.82) is 0 Å². The zero-order valence-electron chi connectivity index (χ0n) is 20.7. The number of halogens is 2. The number of amides is 1. The lowest BCUT2D eigenvalue weighted by Gasteiger charge is -2.27. The number of hydrogen-bond donors (Lipinski definition) is 0. The highest BCUT2D eigenvalue weighted by atomic mass is 127. The molecule has 0 saturated carbocycles. The molecule has 4 rings (SSSR count). The van der Waals surface area contributed by atoms with Gasteiger partial charge < -0.3 is 19.1 Å². The van der Waals surface area contributed by atoms with Gasteiger partial charge in [0.1, 0.15) is 5.82 Å². The molecule has 0 unspecified atom stereocenters. The molecular weight excluding hydrogens is 655 g/mol. The van der Waals surface area contributed by atoms with Crippen molar-refractivity contribution in [3.8, 4) is 11.5 Å². The lowest BCUT2D eigenvalue weighted by molar-refractivity contribution is -0.137. The van der Waals surface area contributed by atoms with Gasteiger partial charge in [-0.2, -0.15) is 9.78 Å². The van der Waals surface area contributed by atoms with E-state index < -0.39 is 0 Å². The minimum absolute atomic E-state index is 0.0890. The highest BCUT2D eigenvalue weighted by Gasteiger charge is 2.19. The summed E-state index contributed by atoms with van der Waals surface area (Å²) in [5.41, 5.74) is 1.14. The maximum Gasteiger partial charge on any atom is 0.282 e. The molecule has 0 atom stereocenters. The van der Waals surface area contributed by atoms with Gasteiger partial charge in [-0.05, 0) is 64.9 Å². The number of benzene rings is 2. The average Bonchev–Trinajstić information content (AvgIpc) is 2.91. The lowest BCUT2D eigenvalue weighted by atomic mass is 10.2. The first-order valence-electron chi connectivity index (χ1n) is 12.0. The maximum atomic E-state index is 13.3. The molecule has 1 fully saturated rings. The highest BCUT2D eigenvalue weighted by molar-refractivity contribution is 14.1. The van der Waals surface area contributed by atoms with E-state index in [0.717, 1.165) is 26.4 Å². The summed E-state index contributed by atoms with van der Waals surface area (Å²) in [7, 11) is 1.54. The smallest absolute Gasteiger partial charge is 0.282 e. The van der Waals surface area contributed by atoms with Gasteiger partial charge in [-0.3, -0.25) is 9.59 Å². The number of nitrogens with zero attached hydrogens (tertiary/aromatic N) is 4. The first-order valence-corrected chi connectivity index (χ1v) is 13.9. The van der Waals surface area contributed by atoms with Crippen molar-refractivity contribution in [2.45, 2.75) is 26.2 Å². The number of morpholine rings is 1. The van der Waals surface area contributed by atoms with Crippen molar-refractivity contribution in [2.75, 3.05) is 40.0 Å². The number of methoxy groups -OCH3 is 1. The monoisotopic (exact) mass is 682 g/mol. The van der Waals surface area contributed by atoms with E-state index in [1.165, 1.54) is 4.68 Å². The van der Waals surface area contributed by atoms with Crippen LogP contribution in [0.4, 0.5) is 0 Å². The van der Waals surface area contributed by atoms with Crippen LogP contribution in [0.3, 0.4) is 0 Å². The van der Waals surface area contributed by atoms with Gasteiger partial charge in [-0.25, -0.2) is 4.98 Å². The lowest BCUT2D eigenvalue weighted by Crippen LogP contribution is -2.43. The van der Waals surface area contributed by atoms with E-state index in [1.54, 1.807) is 30.4 Å². The van der Waals surface area contributed by atoms with Crippen molar-refractivity contribution in [3.63, 3.8) is 0 Å². The molecule has 0 spiro atoms. The molecule has 3 aromatic rings. The fraction of sp³-hybridized carbons (Fsp3) is 0.385. The van der Waals surface area contributed by atoms with Crippen molar-refractivity contribution >= 4 is 61.5 Å². The molecule has 0 aliphatic carbocycles. The first kappa shape index (κ1) is 27.5. The molecule has 9 nitrogen and oxygen atoms in total. The molecule has 0 radical (unpaired) electrons. The summed E-state index contributed by atoms with van der Waals surface area (Å²) in [6, 6.07) is 9.10. The van der Waals surface area contributed by atoms with E-state index in [2.05, 4.69) is 50.5 Å². The second-order valence-corrected chi connectivity index (χ2v) is 10.5. The molecule has 1 aliphatic rings. The Morgan fingerprint density at radius 2 is 2.05 bits per heavy atom. The van der Waals surface area contributed by atoms with Gasteiger partial charge in [-0.1, -0.05) is 29.3 Å². The van der Waals surface area contributed by atoms with E-state index in [0.29, 0.717) is 61.0 Å². The number of fused-ring (bicyclic) bond motifs is 1. The van der Waals surface area contributed by atoms with Gasteiger partial charge in [0.2, 0.25) is 0 Å². The molecular formula is C26H28BrIN4O5. The number of unbranched alkanes of at least 4 members (excludes halogenated alkanes) is 1. The second kappa shape index (κ2) is 12.8. The molecule has 11 heteroatoms. The zero-order valence-corrected chi connectivity index (χ0v) is 24.5. The summed E-state index contributed by atoms with van der Waals surface area (Å²) in [5.74, 6) is 1.48. The predicted molar refractivity (Wildman–Crippen MR) is 154 cm³/mol. The van der Waals surface area contributed by atoms with Crippen LogP contribution >= 0.6 is 38.5 Å². The van der Waals surface area contributed by atoms with Gasteiger partial charge in [0.25, 0.3) is 11.5 Å². The van der Waals surface area contributed by atoms with Gasteiger partial charge in [0, 0.05) is 24.0 Å². The number of aromatic nitrogens is 2. The summed E-state index contributed by atoms with van der Waals surface area (Å²) < 4.78 is 19.6. The Kier molecular flexibility index (Phi) is 9.54. The number of ether oxygens (including phenoxy) is 3. The van der Waals surface area contributed by atoms with Crippen LogP contribution in [0.1, 0.15) is 31.2 Å². The average molecular weight is 683 g/mol. The Bertz CT molecular complexity index is 1370. The van der Waals surface area contributed by atoms with E-state index in [1.807, 2.05) is 18.2 Å². The molecule has 1 saturated heterocycles. The molecule has 1 amide bonds. The largest absolute Gasteiger partial charge is 0.493 e. The second-order valence-electron chi connectivity index (χ2n) is 8.47. The van der Waals surface area contributed by atoms with Crippen LogP contribution < -0.4 is 15.0 Å². The molecule has 2 aromatic carbocycles. The minimum Gasteiger partial charge on any atom is -0.493 e. The SMILES string of the molecule is CCCCc1nc2ccc(Br)cc2c(=O)n1N=Cc1cc(I)c(OCC(=O)N2CCOCC2)c(OC)c1. The van der Waals surface area contributed by atoms with E-state index in [-0.39, 0.29) is 18.1 Å². The van der Waals surface area contributed by atoms with Gasteiger partial charge in [0.05, 0.1) is 41.0 Å². The third-order valence-electron chi connectivity index (χ3n) is 5.91. The van der Waals surface area contributed by atoms with Gasteiger partial charge in [0.15, 0.2) is 18.1 Å². The predicted octanol–water partition coefficient (Wildman–Crippen LogP) is 4.23. The van der Waals surface area contributed by atoms with Crippen molar-refractivity contribution in [1.82, 2.24) is 14.6 Å². The highest BCUT2D eigenvalue weighted by Crippen LogP contribution is 2.33. The number of aryl methyl sites for hydroxylation is 1. The Labute approximate surface area is 237 Å². The van der Waals surface area contributed by atoms with Crippen molar-refractivity contribution in [2.24, 2.45) is 5.10 Å². The van der Waals surface area contributed by atoms with Crippen LogP contribution in [0.5, 0.6) is 11.5 Å². The molecule has 1 aromatic heterocycles. The minimum atomic E-state index is -0.225. The molecule has 0 N–H and O–H groups in total.